The molecule has 0 amide bonds. The van der Waals surface area contributed by atoms with Crippen LogP contribution in [0.5, 0.6) is 0 Å². The van der Waals surface area contributed by atoms with Crippen molar-refractivity contribution in [3.8, 4) is 0 Å². The van der Waals surface area contributed by atoms with Crippen molar-refractivity contribution < 1.29 is 19.4 Å². The van der Waals surface area contributed by atoms with E-state index in [2.05, 4.69) is 31.2 Å². The minimum absolute atomic E-state index is 0.00315. The van der Waals surface area contributed by atoms with Crippen LogP contribution in [0.4, 0.5) is 0 Å². The summed E-state index contributed by atoms with van der Waals surface area (Å²) < 4.78 is 11.7. The first-order chi connectivity index (χ1) is 10.4. The minimum atomic E-state index is -1.29. The lowest BCUT2D eigenvalue weighted by Gasteiger charge is -2.45. The van der Waals surface area contributed by atoms with Gasteiger partial charge in [0.2, 0.25) is 0 Å². The van der Waals surface area contributed by atoms with Crippen molar-refractivity contribution in [2.45, 2.75) is 49.3 Å². The number of aryl methyl sites for hydroxylation is 1. The van der Waals surface area contributed by atoms with Crippen LogP contribution in [-0.2, 0) is 14.3 Å². The molecule has 5 heteroatoms. The van der Waals surface area contributed by atoms with Gasteiger partial charge in [0, 0.05) is 35.3 Å². The SMILES string of the molecule is Cc1ccc(SC[C@@H]2[C@H]3O[C@@]4(C)CC(=O)[C@@H]2C[C@]4(O)O3)cc1. The van der Waals surface area contributed by atoms with Gasteiger partial charge in [-0.2, -0.15) is 0 Å². The molecule has 118 valence electrons. The first kappa shape index (κ1) is 14.7. The smallest absolute Gasteiger partial charge is 0.198 e. The fourth-order valence-corrected chi connectivity index (χ4v) is 4.89. The molecular weight excluding hydrogens is 300 g/mol. The van der Waals surface area contributed by atoms with Gasteiger partial charge in [0.25, 0.3) is 0 Å². The average molecular weight is 320 g/mol. The van der Waals surface area contributed by atoms with Crippen molar-refractivity contribution >= 4 is 17.5 Å². The molecule has 2 saturated heterocycles. The zero-order chi connectivity index (χ0) is 15.5. The molecule has 0 radical (unpaired) electrons. The van der Waals surface area contributed by atoms with Crippen molar-refractivity contribution in [2.75, 3.05) is 5.75 Å². The number of rotatable bonds is 3. The van der Waals surface area contributed by atoms with E-state index in [0.29, 0.717) is 6.42 Å². The number of hydrogen-bond donors (Lipinski definition) is 1. The molecule has 3 bridgehead atoms. The molecule has 1 aromatic rings. The van der Waals surface area contributed by atoms with Crippen LogP contribution in [0.1, 0.15) is 25.3 Å². The molecule has 3 fully saturated rings. The maximum atomic E-state index is 12.4. The van der Waals surface area contributed by atoms with Gasteiger partial charge in [-0.1, -0.05) is 17.7 Å². The number of hydrogen-bond acceptors (Lipinski definition) is 5. The van der Waals surface area contributed by atoms with E-state index in [-0.39, 0.29) is 24.0 Å². The summed E-state index contributed by atoms with van der Waals surface area (Å²) in [6.07, 6.45) is 0.132. The number of Topliss-reactive ketones (excluding diaryl/α,β-unsaturated/α-hetero) is 1. The lowest BCUT2D eigenvalue weighted by Crippen LogP contribution is -2.59. The van der Waals surface area contributed by atoms with Crippen molar-refractivity contribution in [2.24, 2.45) is 11.8 Å². The molecule has 1 aliphatic carbocycles. The Morgan fingerprint density at radius 3 is 2.77 bits per heavy atom. The van der Waals surface area contributed by atoms with E-state index in [1.54, 1.807) is 18.7 Å². The van der Waals surface area contributed by atoms with Gasteiger partial charge in [0.1, 0.15) is 11.4 Å². The van der Waals surface area contributed by atoms with E-state index in [1.807, 2.05) is 0 Å². The van der Waals surface area contributed by atoms with Gasteiger partial charge in [0.05, 0.1) is 0 Å². The van der Waals surface area contributed by atoms with Gasteiger partial charge < -0.3 is 14.6 Å². The third kappa shape index (κ3) is 2.07. The maximum Gasteiger partial charge on any atom is 0.198 e. The van der Waals surface area contributed by atoms with Crippen molar-refractivity contribution in [3.63, 3.8) is 0 Å². The van der Waals surface area contributed by atoms with E-state index in [9.17, 15) is 9.90 Å². The monoisotopic (exact) mass is 320 g/mol. The Morgan fingerprint density at radius 2 is 2.05 bits per heavy atom. The van der Waals surface area contributed by atoms with E-state index in [4.69, 9.17) is 9.47 Å². The molecular formula is C17H20O4S. The zero-order valence-electron chi connectivity index (χ0n) is 12.7. The largest absolute Gasteiger partial charge is 0.363 e. The van der Waals surface area contributed by atoms with Gasteiger partial charge in [-0.25, -0.2) is 0 Å². The molecule has 1 saturated carbocycles. The van der Waals surface area contributed by atoms with Crippen molar-refractivity contribution in [3.05, 3.63) is 29.8 Å². The Balaban J connectivity index is 1.53. The van der Waals surface area contributed by atoms with Crippen LogP contribution >= 0.6 is 11.8 Å². The molecule has 2 heterocycles. The lowest BCUT2D eigenvalue weighted by molar-refractivity contribution is -0.266. The standard InChI is InChI=1S/C17H20O4S/c1-10-3-5-11(6-4-10)22-9-13-12-7-17(19)16(2,8-14(12)18)20-15(13)21-17/h3-6,12-13,15,19H,7-9H2,1-2H3/t12-,13+,15+,16+,17+/m1/s1. The number of carbonyl (C=O) groups is 1. The molecule has 22 heavy (non-hydrogen) atoms. The Labute approximate surface area is 134 Å². The van der Waals surface area contributed by atoms with Crippen LogP contribution in [0.15, 0.2) is 29.2 Å². The summed E-state index contributed by atoms with van der Waals surface area (Å²) >= 11 is 1.72. The third-order valence-corrected chi connectivity index (χ3v) is 6.42. The van der Waals surface area contributed by atoms with E-state index in [0.717, 1.165) is 5.75 Å². The number of thioether (sulfide) groups is 1. The summed E-state index contributed by atoms with van der Waals surface area (Å²) in [5.74, 6) is -0.481. The number of benzene rings is 1. The molecule has 0 spiro atoms. The van der Waals surface area contributed by atoms with Gasteiger partial charge >= 0.3 is 0 Å². The van der Waals surface area contributed by atoms with Gasteiger partial charge in [-0.15, -0.1) is 11.8 Å². The lowest BCUT2D eigenvalue weighted by atomic mass is 9.70. The molecule has 5 atom stereocenters. The zero-order valence-corrected chi connectivity index (χ0v) is 13.6. The molecule has 2 aliphatic heterocycles. The Hall–Kier alpha value is -0.880. The van der Waals surface area contributed by atoms with Gasteiger partial charge in [-0.05, 0) is 26.0 Å². The summed E-state index contributed by atoms with van der Waals surface area (Å²) in [5.41, 5.74) is 0.352. The average Bonchev–Trinajstić information content (AvgIpc) is 2.62. The summed E-state index contributed by atoms with van der Waals surface area (Å²) in [6.45, 7) is 3.85. The second kappa shape index (κ2) is 4.81. The predicted molar refractivity (Wildman–Crippen MR) is 82.4 cm³/mol. The highest BCUT2D eigenvalue weighted by atomic mass is 32.2. The number of ketones is 1. The van der Waals surface area contributed by atoms with Crippen LogP contribution in [-0.4, -0.2) is 34.3 Å². The molecule has 1 aromatic carbocycles. The number of aliphatic hydroxyl groups is 1. The molecule has 4 rings (SSSR count). The fourth-order valence-electron chi connectivity index (χ4n) is 3.78. The first-order valence-electron chi connectivity index (χ1n) is 7.70. The summed E-state index contributed by atoms with van der Waals surface area (Å²) in [4.78, 5) is 13.6. The first-order valence-corrected chi connectivity index (χ1v) is 8.69. The van der Waals surface area contributed by atoms with Gasteiger partial charge in [-0.3, -0.25) is 4.79 Å². The topological polar surface area (TPSA) is 55.8 Å². The molecule has 0 aromatic heterocycles. The Kier molecular flexibility index (Phi) is 3.21. The summed E-state index contributed by atoms with van der Waals surface area (Å²) in [6, 6.07) is 8.36. The van der Waals surface area contributed by atoms with E-state index < -0.39 is 17.7 Å². The summed E-state index contributed by atoms with van der Waals surface area (Å²) in [5, 5.41) is 10.6. The minimum Gasteiger partial charge on any atom is -0.363 e. The van der Waals surface area contributed by atoms with Crippen LogP contribution in [0.25, 0.3) is 0 Å². The molecule has 0 unspecified atom stereocenters. The van der Waals surface area contributed by atoms with Crippen molar-refractivity contribution in [1.82, 2.24) is 0 Å². The van der Waals surface area contributed by atoms with E-state index in [1.165, 1.54) is 10.5 Å². The maximum absolute atomic E-state index is 12.4. The number of fused-ring (bicyclic) bond motifs is 2. The van der Waals surface area contributed by atoms with Crippen molar-refractivity contribution in [1.29, 1.82) is 0 Å². The fraction of sp³-hybridized carbons (Fsp3) is 0.588. The number of carbonyl (C=O) groups excluding carboxylic acids is 1. The predicted octanol–water partition coefficient (Wildman–Crippen LogP) is 2.52. The quantitative estimate of drug-likeness (QED) is 0.867. The van der Waals surface area contributed by atoms with E-state index >= 15 is 0 Å². The van der Waals surface area contributed by atoms with Crippen LogP contribution in [0.2, 0.25) is 0 Å². The molecule has 3 aliphatic rings. The highest BCUT2D eigenvalue weighted by Gasteiger charge is 2.69. The second-order valence-corrected chi connectivity index (χ2v) is 7.95. The highest BCUT2D eigenvalue weighted by Crippen LogP contribution is 2.56. The van der Waals surface area contributed by atoms with Crippen LogP contribution in [0, 0.1) is 18.8 Å². The number of ether oxygens (including phenoxy) is 2. The highest BCUT2D eigenvalue weighted by molar-refractivity contribution is 7.99. The van der Waals surface area contributed by atoms with Crippen LogP contribution < -0.4 is 0 Å². The normalized spacial score (nSPS) is 42.9. The molecule has 1 N–H and O–H groups in total. The third-order valence-electron chi connectivity index (χ3n) is 5.27. The summed E-state index contributed by atoms with van der Waals surface area (Å²) in [7, 11) is 0. The van der Waals surface area contributed by atoms with Crippen LogP contribution in [0.3, 0.4) is 0 Å². The Bertz CT molecular complexity index is 616. The van der Waals surface area contributed by atoms with Gasteiger partial charge in [0.15, 0.2) is 12.1 Å². The Morgan fingerprint density at radius 1 is 1.32 bits per heavy atom. The second-order valence-electron chi connectivity index (χ2n) is 6.86. The molecule has 4 nitrogen and oxygen atoms in total.